The van der Waals surface area contributed by atoms with Gasteiger partial charge in [0.05, 0.1) is 6.54 Å². The van der Waals surface area contributed by atoms with Gasteiger partial charge in [0.25, 0.3) is 0 Å². The van der Waals surface area contributed by atoms with Crippen molar-refractivity contribution in [2.75, 3.05) is 6.54 Å². The molecular weight excluding hydrogens is 314 g/mol. The van der Waals surface area contributed by atoms with Crippen LogP contribution >= 0.6 is 0 Å². The maximum atomic E-state index is 12.4. The minimum Gasteiger partial charge on any atom is -0.360 e. The normalized spacial score (nSPS) is 22.5. The van der Waals surface area contributed by atoms with Gasteiger partial charge >= 0.3 is 10.1 Å². The summed E-state index contributed by atoms with van der Waals surface area (Å²) in [5, 5.41) is 0. The summed E-state index contributed by atoms with van der Waals surface area (Å²) >= 11 is 0. The van der Waals surface area contributed by atoms with E-state index in [1.165, 1.54) is 12.1 Å². The lowest BCUT2D eigenvalue weighted by Crippen LogP contribution is -2.35. The lowest BCUT2D eigenvalue weighted by atomic mass is 10.1. The first-order valence-corrected chi connectivity index (χ1v) is 8.79. The number of carbonyl (C=O) groups excluding carboxylic acids is 1. The molecule has 5 nitrogen and oxygen atoms in total. The van der Waals surface area contributed by atoms with Gasteiger partial charge in [0.15, 0.2) is 5.78 Å². The molecule has 1 saturated carbocycles. The zero-order valence-corrected chi connectivity index (χ0v) is 13.3. The maximum Gasteiger partial charge on any atom is 0.340 e. The number of allylic oxidation sites excluding steroid dienone is 4. The Hall–Kier alpha value is -2.34. The first-order chi connectivity index (χ1) is 11.0. The fraction of sp³-hybridized carbons (Fsp3) is 0.235. The van der Waals surface area contributed by atoms with Crippen LogP contribution in [0.3, 0.4) is 0 Å². The quantitative estimate of drug-likeness (QED) is 0.796. The van der Waals surface area contributed by atoms with E-state index < -0.39 is 10.1 Å². The molecule has 0 radical (unpaired) electrons. The van der Waals surface area contributed by atoms with Crippen molar-refractivity contribution >= 4 is 15.9 Å². The molecule has 1 atom stereocenters. The highest BCUT2D eigenvalue weighted by Gasteiger charge is 2.46. The third kappa shape index (κ3) is 2.39. The Kier molecular flexibility index (Phi) is 2.99. The van der Waals surface area contributed by atoms with Crippen LogP contribution in [0.2, 0.25) is 0 Å². The topological polar surface area (TPSA) is 63.7 Å². The average Bonchev–Trinajstić information content (AvgIpc) is 3.30. The van der Waals surface area contributed by atoms with Crippen LogP contribution in [0.15, 0.2) is 64.5 Å². The lowest BCUT2D eigenvalue weighted by molar-refractivity contribution is -0.121. The highest BCUT2D eigenvalue weighted by Crippen LogP contribution is 2.47. The number of hydrogen-bond acceptors (Lipinski definition) is 5. The average molecular weight is 329 g/mol. The molecule has 0 spiro atoms. The summed E-state index contributed by atoms with van der Waals surface area (Å²) in [5.41, 5.74) is 2.93. The molecule has 6 heteroatoms. The number of carbonyl (C=O) groups is 1. The van der Waals surface area contributed by atoms with Crippen LogP contribution in [-0.4, -0.2) is 25.6 Å². The van der Waals surface area contributed by atoms with Gasteiger partial charge in [-0.3, -0.25) is 4.79 Å². The minimum absolute atomic E-state index is 0.0268. The van der Waals surface area contributed by atoms with Crippen molar-refractivity contribution < 1.29 is 17.4 Å². The minimum atomic E-state index is -3.93. The summed E-state index contributed by atoms with van der Waals surface area (Å²) in [7, 11) is -3.93. The number of benzene rings is 1. The number of Topliss-reactive ketones (excluding diaryl/α,β-unsaturated/α-hetero) is 1. The van der Waals surface area contributed by atoms with Crippen molar-refractivity contribution in [3.05, 3.63) is 65.2 Å². The molecule has 2 heterocycles. The molecule has 0 bridgehead atoms. The maximum absolute atomic E-state index is 12.4. The van der Waals surface area contributed by atoms with Gasteiger partial charge in [0.2, 0.25) is 5.88 Å². The van der Waals surface area contributed by atoms with Crippen LogP contribution in [0.25, 0.3) is 0 Å². The predicted molar refractivity (Wildman–Crippen MR) is 83.5 cm³/mol. The molecule has 0 amide bonds. The molecule has 23 heavy (non-hydrogen) atoms. The molecule has 0 saturated heterocycles. The van der Waals surface area contributed by atoms with Gasteiger partial charge in [-0.05, 0) is 43.2 Å². The zero-order valence-electron chi connectivity index (χ0n) is 12.5. The smallest absolute Gasteiger partial charge is 0.340 e. The SMILES string of the molecule is Cc1ccc(S(=O)(=O)OC2=CC=CC3=C4CC4C(=O)CN23)cc1. The number of ketones is 1. The molecule has 1 aromatic carbocycles. The van der Waals surface area contributed by atoms with E-state index in [0.717, 1.165) is 23.3 Å². The zero-order chi connectivity index (χ0) is 16.2. The number of nitrogens with zero attached hydrogens (tertiary/aromatic N) is 1. The van der Waals surface area contributed by atoms with Gasteiger partial charge in [-0.15, -0.1) is 0 Å². The van der Waals surface area contributed by atoms with Crippen molar-refractivity contribution in [3.8, 4) is 0 Å². The summed E-state index contributed by atoms with van der Waals surface area (Å²) in [5.74, 6) is 0.314. The Bertz CT molecular complexity index is 891. The molecule has 0 N–H and O–H groups in total. The molecule has 1 aliphatic carbocycles. The van der Waals surface area contributed by atoms with Gasteiger partial charge in [-0.1, -0.05) is 23.8 Å². The van der Waals surface area contributed by atoms with Crippen molar-refractivity contribution in [1.29, 1.82) is 0 Å². The van der Waals surface area contributed by atoms with E-state index >= 15 is 0 Å². The van der Waals surface area contributed by atoms with Gasteiger partial charge in [-0.25, -0.2) is 0 Å². The Morgan fingerprint density at radius 1 is 1.22 bits per heavy atom. The lowest BCUT2D eigenvalue weighted by Gasteiger charge is -2.30. The third-order valence-corrected chi connectivity index (χ3v) is 5.51. The molecule has 118 valence electrons. The van der Waals surface area contributed by atoms with E-state index in [0.29, 0.717) is 0 Å². The Morgan fingerprint density at radius 3 is 2.70 bits per heavy atom. The van der Waals surface area contributed by atoms with Crippen molar-refractivity contribution in [1.82, 2.24) is 4.90 Å². The Balaban J connectivity index is 1.65. The fourth-order valence-corrected chi connectivity index (χ4v) is 3.86. The fourth-order valence-electron chi connectivity index (χ4n) is 2.92. The van der Waals surface area contributed by atoms with E-state index in [9.17, 15) is 13.2 Å². The summed E-state index contributed by atoms with van der Waals surface area (Å²) < 4.78 is 30.2. The van der Waals surface area contributed by atoms with Crippen LogP contribution in [0, 0.1) is 12.8 Å². The summed E-state index contributed by atoms with van der Waals surface area (Å²) in [6.07, 6.45) is 6.00. The third-order valence-electron chi connectivity index (χ3n) is 4.27. The standard InChI is InChI=1S/C17H15NO4S/c1-11-5-7-12(8-6-11)23(20,21)22-17-4-2-3-15-13-9-14(13)16(19)10-18(15)17/h2-8,14H,9-10H2,1H3. The summed E-state index contributed by atoms with van der Waals surface area (Å²) in [6, 6.07) is 6.47. The van der Waals surface area contributed by atoms with E-state index in [-0.39, 0.29) is 29.0 Å². The Labute approximate surface area is 134 Å². The van der Waals surface area contributed by atoms with E-state index in [4.69, 9.17) is 4.18 Å². The summed E-state index contributed by atoms with van der Waals surface area (Å²) in [4.78, 5) is 13.7. The molecule has 4 rings (SSSR count). The molecule has 1 fully saturated rings. The highest BCUT2D eigenvalue weighted by atomic mass is 32.2. The molecule has 0 aromatic heterocycles. The number of hydrogen-bond donors (Lipinski definition) is 0. The second-order valence-electron chi connectivity index (χ2n) is 5.93. The summed E-state index contributed by atoms with van der Waals surface area (Å²) in [6.45, 7) is 2.04. The Morgan fingerprint density at radius 2 is 1.96 bits per heavy atom. The van der Waals surface area contributed by atoms with E-state index in [2.05, 4.69) is 0 Å². The second-order valence-corrected chi connectivity index (χ2v) is 7.48. The molecular formula is C17H15NO4S. The van der Waals surface area contributed by atoms with Crippen LogP contribution < -0.4 is 0 Å². The largest absolute Gasteiger partial charge is 0.360 e. The highest BCUT2D eigenvalue weighted by molar-refractivity contribution is 7.86. The monoisotopic (exact) mass is 329 g/mol. The van der Waals surface area contributed by atoms with Crippen LogP contribution in [0.4, 0.5) is 0 Å². The van der Waals surface area contributed by atoms with E-state index in [1.54, 1.807) is 29.2 Å². The van der Waals surface area contributed by atoms with Crippen LogP contribution in [0.1, 0.15) is 12.0 Å². The number of fused-ring (bicyclic) bond motifs is 2. The first-order valence-electron chi connectivity index (χ1n) is 7.38. The second kappa shape index (κ2) is 4.83. The number of rotatable bonds is 3. The van der Waals surface area contributed by atoms with Gasteiger partial charge in [0, 0.05) is 11.6 Å². The van der Waals surface area contributed by atoms with E-state index in [1.807, 2.05) is 13.0 Å². The van der Waals surface area contributed by atoms with Crippen LogP contribution in [-0.2, 0) is 19.1 Å². The van der Waals surface area contributed by atoms with Crippen molar-refractivity contribution in [2.24, 2.45) is 5.92 Å². The number of aryl methyl sites for hydroxylation is 1. The predicted octanol–water partition coefficient (Wildman–Crippen LogP) is 2.27. The molecule has 1 aromatic rings. The molecule has 1 unspecified atom stereocenters. The first kappa shape index (κ1) is 14.3. The van der Waals surface area contributed by atoms with Crippen molar-refractivity contribution in [2.45, 2.75) is 18.2 Å². The van der Waals surface area contributed by atoms with Gasteiger partial charge in [-0.2, -0.15) is 8.42 Å². The molecule has 3 aliphatic rings. The van der Waals surface area contributed by atoms with Gasteiger partial charge in [0.1, 0.15) is 4.90 Å². The van der Waals surface area contributed by atoms with Gasteiger partial charge < -0.3 is 9.08 Å². The van der Waals surface area contributed by atoms with Crippen LogP contribution in [0.5, 0.6) is 0 Å². The van der Waals surface area contributed by atoms with Crippen molar-refractivity contribution in [3.63, 3.8) is 0 Å². The molecule has 2 aliphatic heterocycles.